The van der Waals surface area contributed by atoms with Crippen LogP contribution in [-0.4, -0.2) is 13.0 Å². The Bertz CT molecular complexity index is 1190. The molecule has 3 aromatic rings. The zero-order valence-corrected chi connectivity index (χ0v) is 18.1. The van der Waals surface area contributed by atoms with Crippen LogP contribution in [-0.2, 0) is 4.79 Å². The summed E-state index contributed by atoms with van der Waals surface area (Å²) in [6, 6.07) is 20.0. The molecule has 0 aromatic heterocycles. The van der Waals surface area contributed by atoms with Gasteiger partial charge in [-0.1, -0.05) is 36.4 Å². The minimum absolute atomic E-state index is 0.160. The van der Waals surface area contributed by atoms with Crippen LogP contribution < -0.4 is 9.64 Å². The number of aryl methyl sites for hydroxylation is 1. The first-order chi connectivity index (χ1) is 14.5. The van der Waals surface area contributed by atoms with E-state index in [-0.39, 0.29) is 11.7 Å². The molecule has 0 fully saturated rings. The summed E-state index contributed by atoms with van der Waals surface area (Å²) in [5.74, 6) is 0.264. The van der Waals surface area contributed by atoms with E-state index in [0.717, 1.165) is 27.0 Å². The van der Waals surface area contributed by atoms with Gasteiger partial charge in [0.1, 0.15) is 11.6 Å². The van der Waals surface area contributed by atoms with Crippen LogP contribution in [0.4, 0.5) is 10.1 Å². The molecule has 150 valence electrons. The highest BCUT2D eigenvalue weighted by molar-refractivity contribution is 9.10. The Balaban J connectivity index is 1.81. The highest BCUT2D eigenvalue weighted by Gasteiger charge is 2.30. The summed E-state index contributed by atoms with van der Waals surface area (Å²) in [5, 5.41) is 0. The summed E-state index contributed by atoms with van der Waals surface area (Å²) >= 11 is 3.48. The van der Waals surface area contributed by atoms with Gasteiger partial charge in [0.2, 0.25) is 0 Å². The van der Waals surface area contributed by atoms with Crippen molar-refractivity contribution in [2.45, 2.75) is 6.92 Å². The van der Waals surface area contributed by atoms with E-state index in [1.54, 1.807) is 31.1 Å². The molecule has 1 amide bonds. The summed E-state index contributed by atoms with van der Waals surface area (Å²) in [6.07, 6.45) is 3.71. The van der Waals surface area contributed by atoms with Crippen LogP contribution in [0.2, 0.25) is 0 Å². The van der Waals surface area contributed by atoms with Gasteiger partial charge in [-0.05, 0) is 82.0 Å². The SMILES string of the molecule is COc1ccc(/C=C2\C=C(c3ccccc3)N(c3ccc(F)c(C)c3)C2=O)cc1Br. The van der Waals surface area contributed by atoms with E-state index in [0.29, 0.717) is 16.8 Å². The molecule has 0 aliphatic carbocycles. The van der Waals surface area contributed by atoms with Crippen molar-refractivity contribution in [3.8, 4) is 5.75 Å². The van der Waals surface area contributed by atoms with Crippen LogP contribution >= 0.6 is 15.9 Å². The number of amides is 1. The Kier molecular flexibility index (Phi) is 5.55. The van der Waals surface area contributed by atoms with Gasteiger partial charge in [-0.3, -0.25) is 9.69 Å². The maximum absolute atomic E-state index is 13.8. The molecule has 1 aliphatic heterocycles. The first-order valence-electron chi connectivity index (χ1n) is 9.41. The van der Waals surface area contributed by atoms with Crippen LogP contribution in [0.25, 0.3) is 11.8 Å². The number of carbonyl (C=O) groups is 1. The molecule has 0 atom stereocenters. The normalized spacial score (nSPS) is 14.9. The third-order valence-corrected chi connectivity index (χ3v) is 5.57. The lowest BCUT2D eigenvalue weighted by Gasteiger charge is -2.21. The minimum atomic E-state index is -0.297. The fourth-order valence-corrected chi connectivity index (χ4v) is 3.97. The molecule has 0 radical (unpaired) electrons. The Labute approximate surface area is 183 Å². The lowest BCUT2D eigenvalue weighted by atomic mass is 10.1. The van der Waals surface area contributed by atoms with Crippen molar-refractivity contribution in [3.63, 3.8) is 0 Å². The van der Waals surface area contributed by atoms with Crippen molar-refractivity contribution < 1.29 is 13.9 Å². The highest BCUT2D eigenvalue weighted by Crippen LogP contribution is 2.36. The zero-order chi connectivity index (χ0) is 21.3. The van der Waals surface area contributed by atoms with E-state index in [9.17, 15) is 9.18 Å². The van der Waals surface area contributed by atoms with E-state index in [4.69, 9.17) is 4.74 Å². The second kappa shape index (κ2) is 8.28. The standard InChI is InChI=1S/C25H19BrFNO2/c1-16-12-20(9-10-22(16)27)28-23(18-6-4-3-5-7-18)15-19(25(28)29)13-17-8-11-24(30-2)21(26)14-17/h3-15H,1-2H3/b19-13+. The van der Waals surface area contributed by atoms with E-state index >= 15 is 0 Å². The van der Waals surface area contributed by atoms with Crippen molar-refractivity contribution in [1.29, 1.82) is 0 Å². The number of halogens is 2. The molecule has 0 spiro atoms. The van der Waals surface area contributed by atoms with Crippen molar-refractivity contribution in [1.82, 2.24) is 0 Å². The van der Waals surface area contributed by atoms with Crippen LogP contribution in [0.1, 0.15) is 16.7 Å². The molecule has 1 heterocycles. The fourth-order valence-electron chi connectivity index (χ4n) is 3.41. The van der Waals surface area contributed by atoms with Crippen LogP contribution in [0.15, 0.2) is 82.9 Å². The van der Waals surface area contributed by atoms with Gasteiger partial charge in [-0.2, -0.15) is 0 Å². The molecule has 0 saturated carbocycles. The zero-order valence-electron chi connectivity index (χ0n) is 16.5. The average Bonchev–Trinajstić information content (AvgIpc) is 3.07. The van der Waals surface area contributed by atoms with Gasteiger partial charge in [-0.25, -0.2) is 4.39 Å². The Morgan fingerprint density at radius 2 is 1.80 bits per heavy atom. The van der Waals surface area contributed by atoms with Crippen LogP contribution in [0.3, 0.4) is 0 Å². The lowest BCUT2D eigenvalue weighted by Crippen LogP contribution is -2.25. The number of benzene rings is 3. The van der Waals surface area contributed by atoms with E-state index < -0.39 is 0 Å². The third-order valence-electron chi connectivity index (χ3n) is 4.95. The van der Waals surface area contributed by atoms with Crippen molar-refractivity contribution >= 4 is 39.3 Å². The minimum Gasteiger partial charge on any atom is -0.496 e. The summed E-state index contributed by atoms with van der Waals surface area (Å²) in [6.45, 7) is 1.69. The molecule has 30 heavy (non-hydrogen) atoms. The van der Waals surface area contributed by atoms with Crippen molar-refractivity contribution in [2.24, 2.45) is 0 Å². The molecule has 0 bridgehead atoms. The van der Waals surface area contributed by atoms with Gasteiger partial charge in [0, 0.05) is 11.3 Å². The summed E-state index contributed by atoms with van der Waals surface area (Å²) in [7, 11) is 1.61. The molecular formula is C25H19BrFNO2. The van der Waals surface area contributed by atoms with E-state index in [2.05, 4.69) is 15.9 Å². The van der Waals surface area contributed by atoms with E-state index in [1.165, 1.54) is 6.07 Å². The maximum atomic E-state index is 13.8. The molecule has 4 rings (SSSR count). The molecule has 0 saturated heterocycles. The topological polar surface area (TPSA) is 29.5 Å². The lowest BCUT2D eigenvalue weighted by molar-refractivity contribution is -0.113. The highest BCUT2D eigenvalue weighted by atomic mass is 79.9. The molecule has 1 aliphatic rings. The average molecular weight is 464 g/mol. The van der Waals surface area contributed by atoms with Gasteiger partial charge >= 0.3 is 0 Å². The second-order valence-electron chi connectivity index (χ2n) is 6.96. The second-order valence-corrected chi connectivity index (χ2v) is 7.82. The Hall–Kier alpha value is -3.18. The summed E-state index contributed by atoms with van der Waals surface area (Å²) in [5.41, 5.74) is 4.20. The first kappa shape index (κ1) is 20.1. The predicted molar refractivity (Wildman–Crippen MR) is 122 cm³/mol. The van der Waals surface area contributed by atoms with Crippen molar-refractivity contribution in [2.75, 3.05) is 12.0 Å². The van der Waals surface area contributed by atoms with Gasteiger partial charge in [0.25, 0.3) is 5.91 Å². The predicted octanol–water partition coefficient (Wildman–Crippen LogP) is 6.38. The number of carbonyl (C=O) groups excluding carboxylic acids is 1. The summed E-state index contributed by atoms with van der Waals surface area (Å²) in [4.78, 5) is 15.0. The number of nitrogens with zero attached hydrogens (tertiary/aromatic N) is 1. The Morgan fingerprint density at radius 1 is 1.03 bits per heavy atom. The van der Waals surface area contributed by atoms with Crippen LogP contribution in [0, 0.1) is 12.7 Å². The van der Waals surface area contributed by atoms with Crippen molar-refractivity contribution in [3.05, 3.63) is 105 Å². The monoisotopic (exact) mass is 463 g/mol. The molecule has 0 N–H and O–H groups in total. The van der Waals surface area contributed by atoms with Crippen LogP contribution in [0.5, 0.6) is 5.75 Å². The number of hydrogen-bond acceptors (Lipinski definition) is 2. The molecule has 3 aromatic carbocycles. The first-order valence-corrected chi connectivity index (χ1v) is 10.2. The molecule has 0 unspecified atom stereocenters. The fraction of sp³-hybridized carbons (Fsp3) is 0.0800. The maximum Gasteiger partial charge on any atom is 0.262 e. The largest absolute Gasteiger partial charge is 0.496 e. The van der Waals surface area contributed by atoms with Gasteiger partial charge in [0.05, 0.1) is 17.3 Å². The number of anilines is 1. The molecule has 5 heteroatoms. The smallest absolute Gasteiger partial charge is 0.262 e. The number of ether oxygens (including phenoxy) is 1. The van der Waals surface area contributed by atoms with Gasteiger partial charge < -0.3 is 4.74 Å². The number of rotatable bonds is 4. The molecular weight excluding hydrogens is 445 g/mol. The summed E-state index contributed by atoms with van der Waals surface area (Å²) < 4.78 is 19.9. The van der Waals surface area contributed by atoms with Gasteiger partial charge in [-0.15, -0.1) is 0 Å². The van der Waals surface area contributed by atoms with E-state index in [1.807, 2.05) is 60.7 Å². The molecule has 3 nitrogen and oxygen atoms in total. The number of hydrogen-bond donors (Lipinski definition) is 0. The quantitative estimate of drug-likeness (QED) is 0.420. The number of methoxy groups -OCH3 is 1. The Morgan fingerprint density at radius 3 is 2.47 bits per heavy atom. The third kappa shape index (κ3) is 3.81. The van der Waals surface area contributed by atoms with Gasteiger partial charge in [0.15, 0.2) is 0 Å².